The van der Waals surface area contributed by atoms with E-state index in [1.54, 1.807) is 12.4 Å². The second-order valence-electron chi connectivity index (χ2n) is 5.07. The summed E-state index contributed by atoms with van der Waals surface area (Å²) in [6.07, 6.45) is 5.96. The van der Waals surface area contributed by atoms with Gasteiger partial charge in [-0.1, -0.05) is 24.3 Å². The van der Waals surface area contributed by atoms with E-state index in [0.29, 0.717) is 5.92 Å². The second-order valence-corrected chi connectivity index (χ2v) is 5.07. The standard InChI is InChI=1S/C15H16N2O2/c18-14(19)9-13(10-5-6-10)11-3-1-2-4-12(11)15-16-7-8-17-15/h1-4,7-8,10,13H,5-6,9H2,(H,16,17)(H,18,19). The van der Waals surface area contributed by atoms with Crippen LogP contribution in [-0.4, -0.2) is 21.0 Å². The average Bonchev–Trinajstić information content (AvgIpc) is 3.10. The molecule has 0 saturated heterocycles. The smallest absolute Gasteiger partial charge is 0.303 e. The summed E-state index contributed by atoms with van der Waals surface area (Å²) in [5.41, 5.74) is 2.12. The monoisotopic (exact) mass is 256 g/mol. The van der Waals surface area contributed by atoms with E-state index >= 15 is 0 Å². The van der Waals surface area contributed by atoms with Crippen LogP contribution in [0.1, 0.15) is 30.7 Å². The van der Waals surface area contributed by atoms with Crippen LogP contribution in [0.15, 0.2) is 36.7 Å². The van der Waals surface area contributed by atoms with Gasteiger partial charge in [0.05, 0.1) is 6.42 Å². The van der Waals surface area contributed by atoms with Crippen LogP contribution < -0.4 is 0 Å². The van der Waals surface area contributed by atoms with Crippen LogP contribution in [0.2, 0.25) is 0 Å². The van der Waals surface area contributed by atoms with Crippen LogP contribution in [0.4, 0.5) is 0 Å². The number of carboxylic acid groups (broad SMARTS) is 1. The maximum absolute atomic E-state index is 11.1. The van der Waals surface area contributed by atoms with E-state index in [1.807, 2.05) is 24.3 Å². The van der Waals surface area contributed by atoms with Gasteiger partial charge in [-0.25, -0.2) is 4.98 Å². The summed E-state index contributed by atoms with van der Waals surface area (Å²) in [5, 5.41) is 9.12. The van der Waals surface area contributed by atoms with Crippen molar-refractivity contribution in [3.8, 4) is 11.4 Å². The quantitative estimate of drug-likeness (QED) is 0.864. The molecule has 0 amide bonds. The molecule has 19 heavy (non-hydrogen) atoms. The predicted molar refractivity (Wildman–Crippen MR) is 71.7 cm³/mol. The van der Waals surface area contributed by atoms with Gasteiger partial charge in [-0.3, -0.25) is 4.79 Å². The second kappa shape index (κ2) is 4.88. The number of carbonyl (C=O) groups is 1. The number of aliphatic carboxylic acids is 1. The summed E-state index contributed by atoms with van der Waals surface area (Å²) in [6.45, 7) is 0. The van der Waals surface area contributed by atoms with Crippen molar-refractivity contribution in [2.45, 2.75) is 25.2 Å². The van der Waals surface area contributed by atoms with Crippen LogP contribution >= 0.6 is 0 Å². The number of H-pyrrole nitrogens is 1. The van der Waals surface area contributed by atoms with E-state index in [9.17, 15) is 4.79 Å². The molecule has 1 aliphatic carbocycles. The molecule has 2 N–H and O–H groups in total. The minimum Gasteiger partial charge on any atom is -0.481 e. The van der Waals surface area contributed by atoms with E-state index in [-0.39, 0.29) is 12.3 Å². The van der Waals surface area contributed by atoms with Gasteiger partial charge < -0.3 is 10.1 Å². The number of benzene rings is 1. The highest BCUT2D eigenvalue weighted by Gasteiger charge is 2.35. The highest BCUT2D eigenvalue weighted by molar-refractivity contribution is 5.70. The number of nitrogens with one attached hydrogen (secondary N) is 1. The zero-order valence-electron chi connectivity index (χ0n) is 10.5. The third-order valence-electron chi connectivity index (χ3n) is 3.70. The van der Waals surface area contributed by atoms with Crippen LogP contribution in [0.3, 0.4) is 0 Å². The van der Waals surface area contributed by atoms with E-state index < -0.39 is 5.97 Å². The van der Waals surface area contributed by atoms with Gasteiger partial charge in [0.2, 0.25) is 0 Å². The number of aromatic nitrogens is 2. The molecule has 1 aromatic carbocycles. The summed E-state index contributed by atoms with van der Waals surface area (Å²) in [4.78, 5) is 18.5. The van der Waals surface area contributed by atoms with Gasteiger partial charge in [0, 0.05) is 18.0 Å². The van der Waals surface area contributed by atoms with Crippen LogP contribution in [-0.2, 0) is 4.79 Å². The van der Waals surface area contributed by atoms with Crippen molar-refractivity contribution in [2.24, 2.45) is 5.92 Å². The Kier molecular flexibility index (Phi) is 3.07. The number of carboxylic acids is 1. The van der Waals surface area contributed by atoms with Crippen molar-refractivity contribution < 1.29 is 9.90 Å². The third-order valence-corrected chi connectivity index (χ3v) is 3.70. The molecular weight excluding hydrogens is 240 g/mol. The van der Waals surface area contributed by atoms with Crippen molar-refractivity contribution in [2.75, 3.05) is 0 Å². The molecule has 1 unspecified atom stereocenters. The molecule has 98 valence electrons. The molecule has 1 aromatic heterocycles. The van der Waals surface area contributed by atoms with Gasteiger partial charge >= 0.3 is 5.97 Å². The number of aromatic amines is 1. The Hall–Kier alpha value is -2.10. The Morgan fingerprint density at radius 1 is 1.42 bits per heavy atom. The number of imidazole rings is 1. The van der Waals surface area contributed by atoms with Crippen molar-refractivity contribution in [1.82, 2.24) is 9.97 Å². The average molecular weight is 256 g/mol. The molecule has 0 spiro atoms. The van der Waals surface area contributed by atoms with Crippen molar-refractivity contribution in [3.05, 3.63) is 42.2 Å². The lowest BCUT2D eigenvalue weighted by Gasteiger charge is -2.17. The predicted octanol–water partition coefficient (Wildman–Crippen LogP) is 3.05. The van der Waals surface area contributed by atoms with Crippen LogP contribution in [0.25, 0.3) is 11.4 Å². The molecule has 1 fully saturated rings. The molecule has 1 atom stereocenters. The first kappa shape index (κ1) is 12.0. The highest BCUT2D eigenvalue weighted by atomic mass is 16.4. The van der Waals surface area contributed by atoms with Gasteiger partial charge in [0.15, 0.2) is 0 Å². The largest absolute Gasteiger partial charge is 0.481 e. The van der Waals surface area contributed by atoms with Gasteiger partial charge in [0.25, 0.3) is 0 Å². The topological polar surface area (TPSA) is 66.0 Å². The number of hydrogen-bond donors (Lipinski definition) is 2. The summed E-state index contributed by atoms with van der Waals surface area (Å²) >= 11 is 0. The van der Waals surface area contributed by atoms with E-state index in [4.69, 9.17) is 5.11 Å². The zero-order valence-corrected chi connectivity index (χ0v) is 10.5. The lowest BCUT2D eigenvalue weighted by Crippen LogP contribution is -2.09. The Balaban J connectivity index is 2.00. The number of nitrogens with zero attached hydrogens (tertiary/aromatic N) is 1. The minimum atomic E-state index is -0.730. The molecule has 0 radical (unpaired) electrons. The Labute approximate surface area is 111 Å². The number of hydrogen-bond acceptors (Lipinski definition) is 2. The van der Waals surface area contributed by atoms with E-state index in [1.165, 1.54) is 0 Å². The lowest BCUT2D eigenvalue weighted by molar-refractivity contribution is -0.137. The fraction of sp³-hybridized carbons (Fsp3) is 0.333. The summed E-state index contributed by atoms with van der Waals surface area (Å²) in [7, 11) is 0. The minimum absolute atomic E-state index is 0.0961. The fourth-order valence-corrected chi connectivity index (χ4v) is 2.67. The first-order valence-electron chi connectivity index (χ1n) is 6.56. The molecular formula is C15H16N2O2. The number of rotatable bonds is 5. The lowest BCUT2D eigenvalue weighted by atomic mass is 9.87. The first-order chi connectivity index (χ1) is 9.25. The van der Waals surface area contributed by atoms with Gasteiger partial charge in [-0.05, 0) is 30.2 Å². The highest BCUT2D eigenvalue weighted by Crippen LogP contribution is 2.46. The zero-order chi connectivity index (χ0) is 13.2. The SMILES string of the molecule is O=C(O)CC(c1ccccc1-c1ncc[nH]1)C1CC1. The Morgan fingerprint density at radius 3 is 2.84 bits per heavy atom. The van der Waals surface area contributed by atoms with Gasteiger partial charge in [-0.15, -0.1) is 0 Å². The van der Waals surface area contributed by atoms with Gasteiger partial charge in [0.1, 0.15) is 5.82 Å². The Morgan fingerprint density at radius 2 is 2.21 bits per heavy atom. The molecule has 4 heteroatoms. The fourth-order valence-electron chi connectivity index (χ4n) is 2.67. The molecule has 3 rings (SSSR count). The maximum atomic E-state index is 11.1. The molecule has 1 aliphatic rings. The van der Waals surface area contributed by atoms with E-state index in [0.717, 1.165) is 29.8 Å². The maximum Gasteiger partial charge on any atom is 0.303 e. The molecule has 0 aliphatic heterocycles. The van der Waals surface area contributed by atoms with E-state index in [2.05, 4.69) is 9.97 Å². The summed E-state index contributed by atoms with van der Waals surface area (Å²) in [5.74, 6) is 0.684. The normalized spacial score (nSPS) is 16.2. The summed E-state index contributed by atoms with van der Waals surface area (Å²) in [6, 6.07) is 7.97. The van der Waals surface area contributed by atoms with Crippen molar-refractivity contribution in [3.63, 3.8) is 0 Å². The molecule has 0 bridgehead atoms. The van der Waals surface area contributed by atoms with Crippen LogP contribution in [0.5, 0.6) is 0 Å². The molecule has 1 saturated carbocycles. The first-order valence-corrected chi connectivity index (χ1v) is 6.56. The van der Waals surface area contributed by atoms with Crippen LogP contribution in [0, 0.1) is 5.92 Å². The molecule has 1 heterocycles. The summed E-state index contributed by atoms with van der Waals surface area (Å²) < 4.78 is 0. The molecule has 2 aromatic rings. The third kappa shape index (κ3) is 2.52. The molecule has 4 nitrogen and oxygen atoms in total. The van der Waals surface area contributed by atoms with Gasteiger partial charge in [-0.2, -0.15) is 0 Å². The van der Waals surface area contributed by atoms with Crippen molar-refractivity contribution >= 4 is 5.97 Å². The van der Waals surface area contributed by atoms with Crippen molar-refractivity contribution in [1.29, 1.82) is 0 Å². The Bertz CT molecular complexity index is 574.